The fourth-order valence-electron chi connectivity index (χ4n) is 2.43. The number of hydrogen-bond donors (Lipinski definition) is 0. The molecule has 2 rings (SSSR count). The molecule has 0 heterocycles. The van der Waals surface area contributed by atoms with E-state index in [2.05, 4.69) is 4.74 Å². The van der Waals surface area contributed by atoms with Gasteiger partial charge in [0.05, 0.1) is 12.5 Å². The fourth-order valence-corrected chi connectivity index (χ4v) is 2.43. The normalized spacial score (nSPS) is 12.5. The number of ketones is 1. The Balaban J connectivity index is 2.34. The first-order chi connectivity index (χ1) is 11.5. The average molecular weight is 332 g/mol. The lowest BCUT2D eigenvalue weighted by Crippen LogP contribution is -2.34. The number of esters is 1. The Morgan fingerprint density at radius 3 is 2.08 bits per heavy atom. The Kier molecular flexibility index (Phi) is 5.79. The number of rotatable bonds is 7. The molecule has 0 fully saturated rings. The predicted molar refractivity (Wildman–Crippen MR) is 86.2 cm³/mol. The second-order valence-electron chi connectivity index (χ2n) is 5.32. The van der Waals surface area contributed by atoms with Gasteiger partial charge in [0, 0.05) is 12.0 Å². The van der Waals surface area contributed by atoms with E-state index < -0.39 is 30.0 Å². The highest BCUT2D eigenvalue weighted by atomic mass is 19.3. The summed E-state index contributed by atoms with van der Waals surface area (Å²) in [5.41, 5.74) is 0.765. The van der Waals surface area contributed by atoms with Gasteiger partial charge in [0.2, 0.25) is 0 Å². The van der Waals surface area contributed by atoms with Gasteiger partial charge in [0.1, 0.15) is 0 Å². The van der Waals surface area contributed by atoms with E-state index in [1.54, 1.807) is 60.7 Å². The van der Waals surface area contributed by atoms with Crippen LogP contribution in [0.2, 0.25) is 0 Å². The maximum Gasteiger partial charge on any atom is 0.377 e. The van der Waals surface area contributed by atoms with Gasteiger partial charge < -0.3 is 4.74 Å². The van der Waals surface area contributed by atoms with Crippen LogP contribution in [0.5, 0.6) is 0 Å². The van der Waals surface area contributed by atoms with Crippen LogP contribution in [0.15, 0.2) is 60.7 Å². The summed E-state index contributed by atoms with van der Waals surface area (Å²) in [5.74, 6) is -6.92. The summed E-state index contributed by atoms with van der Waals surface area (Å²) in [4.78, 5) is 24.2. The molecule has 126 valence electrons. The van der Waals surface area contributed by atoms with E-state index in [1.807, 2.05) is 0 Å². The number of ether oxygens (including phenoxy) is 1. The van der Waals surface area contributed by atoms with Gasteiger partial charge in [-0.1, -0.05) is 60.7 Å². The minimum atomic E-state index is -3.74. The van der Waals surface area contributed by atoms with Crippen molar-refractivity contribution in [1.29, 1.82) is 0 Å². The number of carbonyl (C=O) groups excluding carboxylic acids is 2. The van der Waals surface area contributed by atoms with Crippen molar-refractivity contribution >= 4 is 11.8 Å². The van der Waals surface area contributed by atoms with Crippen LogP contribution in [0.3, 0.4) is 0 Å². The van der Waals surface area contributed by atoms with Gasteiger partial charge in [-0.2, -0.15) is 8.78 Å². The third kappa shape index (κ3) is 4.25. The zero-order valence-corrected chi connectivity index (χ0v) is 13.2. The van der Waals surface area contributed by atoms with Crippen molar-refractivity contribution in [2.45, 2.75) is 25.2 Å². The minimum absolute atomic E-state index is 0.142. The van der Waals surface area contributed by atoms with Crippen molar-refractivity contribution in [2.75, 3.05) is 6.61 Å². The minimum Gasteiger partial charge on any atom is -0.462 e. The molecule has 0 radical (unpaired) electrons. The van der Waals surface area contributed by atoms with Crippen LogP contribution >= 0.6 is 0 Å². The van der Waals surface area contributed by atoms with Crippen LogP contribution < -0.4 is 0 Å². The molecule has 24 heavy (non-hydrogen) atoms. The Labute approximate surface area is 139 Å². The lowest BCUT2D eigenvalue weighted by atomic mass is 9.86. The molecular formula is C19H18F2O3. The van der Waals surface area contributed by atoms with Crippen LogP contribution in [-0.4, -0.2) is 24.3 Å². The molecule has 0 aliphatic rings. The monoisotopic (exact) mass is 332 g/mol. The van der Waals surface area contributed by atoms with Crippen molar-refractivity contribution in [2.24, 2.45) is 0 Å². The van der Waals surface area contributed by atoms with Crippen molar-refractivity contribution in [3.8, 4) is 0 Å². The quantitative estimate of drug-likeness (QED) is 0.562. The highest BCUT2D eigenvalue weighted by molar-refractivity contribution is 6.01. The maximum absolute atomic E-state index is 14.2. The predicted octanol–water partition coefficient (Wildman–Crippen LogP) is 4.24. The van der Waals surface area contributed by atoms with Crippen molar-refractivity contribution in [3.05, 3.63) is 71.8 Å². The Morgan fingerprint density at radius 2 is 1.54 bits per heavy atom. The van der Waals surface area contributed by atoms with Crippen molar-refractivity contribution < 1.29 is 23.1 Å². The second-order valence-corrected chi connectivity index (χ2v) is 5.32. The molecule has 0 saturated heterocycles. The number of halogens is 2. The molecule has 0 aromatic heterocycles. The van der Waals surface area contributed by atoms with Gasteiger partial charge in [0.15, 0.2) is 5.78 Å². The molecule has 0 bridgehead atoms. The van der Waals surface area contributed by atoms with Gasteiger partial charge in [-0.05, 0) is 12.5 Å². The molecule has 3 nitrogen and oxygen atoms in total. The molecule has 2 aromatic rings. The van der Waals surface area contributed by atoms with E-state index in [0.29, 0.717) is 11.1 Å². The highest BCUT2D eigenvalue weighted by Gasteiger charge is 2.44. The molecular weight excluding hydrogens is 314 g/mol. The summed E-state index contributed by atoms with van der Waals surface area (Å²) in [6.07, 6.45) is -0.927. The second kappa shape index (κ2) is 7.81. The molecule has 2 aromatic carbocycles. The van der Waals surface area contributed by atoms with Gasteiger partial charge in [0.25, 0.3) is 0 Å². The molecule has 0 aliphatic carbocycles. The van der Waals surface area contributed by atoms with Gasteiger partial charge in [-0.25, -0.2) is 4.79 Å². The summed E-state index contributed by atoms with van der Waals surface area (Å²) in [6.45, 7) is 1.31. The maximum atomic E-state index is 14.2. The average Bonchev–Trinajstić information content (AvgIpc) is 2.61. The first kappa shape index (κ1) is 17.8. The van der Waals surface area contributed by atoms with Crippen molar-refractivity contribution in [1.82, 2.24) is 0 Å². The Morgan fingerprint density at radius 1 is 1.00 bits per heavy atom. The standard InChI is InChI=1S/C19H18F2O3/c1-2-24-18(23)19(20,21)13-16(14-9-5-3-6-10-14)17(22)15-11-7-4-8-12-15/h3-12,16H,2,13H2,1H3/t16-/m0/s1. The van der Waals surface area contributed by atoms with E-state index in [9.17, 15) is 18.4 Å². The Bertz CT molecular complexity index is 684. The summed E-state index contributed by atoms with van der Waals surface area (Å²) in [6, 6.07) is 16.5. The van der Waals surface area contributed by atoms with E-state index >= 15 is 0 Å². The molecule has 0 aliphatic heterocycles. The van der Waals surface area contributed by atoms with E-state index in [4.69, 9.17) is 0 Å². The zero-order chi connectivity index (χ0) is 17.6. The van der Waals surface area contributed by atoms with Crippen molar-refractivity contribution in [3.63, 3.8) is 0 Å². The number of Topliss-reactive ketones (excluding diaryl/α,β-unsaturated/α-hetero) is 1. The van der Waals surface area contributed by atoms with E-state index in [-0.39, 0.29) is 6.61 Å². The lowest BCUT2D eigenvalue weighted by molar-refractivity contribution is -0.172. The van der Waals surface area contributed by atoms with Crippen LogP contribution in [0.1, 0.15) is 35.2 Å². The number of hydrogen-bond acceptors (Lipinski definition) is 3. The highest BCUT2D eigenvalue weighted by Crippen LogP contribution is 2.33. The molecule has 0 N–H and O–H groups in total. The molecule has 1 atom stereocenters. The number of benzene rings is 2. The summed E-state index contributed by atoms with van der Waals surface area (Å²) in [7, 11) is 0. The number of alkyl halides is 2. The van der Waals surface area contributed by atoms with Gasteiger partial charge >= 0.3 is 11.9 Å². The lowest BCUT2D eigenvalue weighted by Gasteiger charge is -2.21. The molecule has 0 amide bonds. The molecule has 0 unspecified atom stereocenters. The Hall–Kier alpha value is -2.56. The first-order valence-corrected chi connectivity index (χ1v) is 7.65. The topological polar surface area (TPSA) is 43.4 Å². The third-order valence-corrected chi connectivity index (χ3v) is 3.61. The van der Waals surface area contributed by atoms with Gasteiger partial charge in [-0.15, -0.1) is 0 Å². The fraction of sp³-hybridized carbons (Fsp3) is 0.263. The molecule has 0 spiro atoms. The van der Waals surface area contributed by atoms with Crippen LogP contribution in [0, 0.1) is 0 Å². The van der Waals surface area contributed by atoms with Crippen LogP contribution in [0.4, 0.5) is 8.78 Å². The molecule has 0 saturated carbocycles. The zero-order valence-electron chi connectivity index (χ0n) is 13.2. The summed E-state index contributed by atoms with van der Waals surface area (Å²) >= 11 is 0. The number of carbonyl (C=O) groups is 2. The van der Waals surface area contributed by atoms with E-state index in [1.165, 1.54) is 6.92 Å². The third-order valence-electron chi connectivity index (χ3n) is 3.61. The first-order valence-electron chi connectivity index (χ1n) is 7.65. The molecule has 5 heteroatoms. The SMILES string of the molecule is CCOC(=O)C(F)(F)C[C@H](C(=O)c1ccccc1)c1ccccc1. The summed E-state index contributed by atoms with van der Waals surface area (Å²) < 4.78 is 32.8. The van der Waals surface area contributed by atoms with E-state index in [0.717, 1.165) is 0 Å². The smallest absolute Gasteiger partial charge is 0.377 e. The largest absolute Gasteiger partial charge is 0.462 e. The van der Waals surface area contributed by atoms with Gasteiger partial charge in [-0.3, -0.25) is 4.79 Å². The summed E-state index contributed by atoms with van der Waals surface area (Å²) in [5, 5.41) is 0. The van der Waals surface area contributed by atoms with Crippen LogP contribution in [-0.2, 0) is 9.53 Å². The van der Waals surface area contributed by atoms with Crippen LogP contribution in [0.25, 0.3) is 0 Å².